The van der Waals surface area contributed by atoms with E-state index in [0.717, 1.165) is 0 Å². The van der Waals surface area contributed by atoms with Gasteiger partial charge in [-0.25, -0.2) is 9.97 Å². The van der Waals surface area contributed by atoms with Crippen molar-refractivity contribution in [3.05, 3.63) is 68.4 Å². The van der Waals surface area contributed by atoms with E-state index in [2.05, 4.69) is 20.5 Å². The Morgan fingerprint density at radius 1 is 1.38 bits per heavy atom. The molecule has 0 radical (unpaired) electrons. The van der Waals surface area contributed by atoms with Gasteiger partial charge in [0, 0.05) is 23.9 Å². The first-order valence-corrected chi connectivity index (χ1v) is 7.68. The molecular formula is C15H9N7O3S. The second kappa shape index (κ2) is 5.67. The minimum Gasteiger partial charge on any atom is -0.375 e. The van der Waals surface area contributed by atoms with Gasteiger partial charge in [-0.1, -0.05) is 0 Å². The number of hydrazone groups is 1. The third kappa shape index (κ3) is 2.29. The molecule has 10 nitrogen and oxygen atoms in total. The second-order valence-electron chi connectivity index (χ2n) is 5.35. The minimum atomic E-state index is -0.532. The number of hydrogen-bond acceptors (Lipinski definition) is 7. The van der Waals surface area contributed by atoms with Crippen LogP contribution in [-0.4, -0.2) is 30.3 Å². The van der Waals surface area contributed by atoms with Crippen LogP contribution in [0.4, 0.5) is 5.69 Å². The molecule has 2 aromatic heterocycles. The quantitative estimate of drug-likeness (QED) is 0.298. The lowest BCUT2D eigenvalue weighted by Gasteiger charge is -2.05. The number of benzene rings is 1. The van der Waals surface area contributed by atoms with E-state index in [-0.39, 0.29) is 33.5 Å². The summed E-state index contributed by atoms with van der Waals surface area (Å²) in [5.74, 6) is 0.195. The van der Waals surface area contributed by atoms with Gasteiger partial charge in [0.25, 0.3) is 11.2 Å². The monoisotopic (exact) mass is 367 g/mol. The zero-order valence-corrected chi connectivity index (χ0v) is 13.7. The van der Waals surface area contributed by atoms with Gasteiger partial charge in [-0.2, -0.15) is 5.10 Å². The molecular weight excluding hydrogens is 358 g/mol. The van der Waals surface area contributed by atoms with Crippen molar-refractivity contribution in [3.8, 4) is 5.69 Å². The molecule has 0 unspecified atom stereocenters. The fourth-order valence-electron chi connectivity index (χ4n) is 2.77. The number of hydrogen-bond donors (Lipinski definition) is 2. The molecule has 1 aliphatic heterocycles. The molecule has 1 aromatic carbocycles. The Hall–Kier alpha value is -3.73. The van der Waals surface area contributed by atoms with E-state index in [4.69, 9.17) is 18.0 Å². The summed E-state index contributed by atoms with van der Waals surface area (Å²) in [6.07, 6.45) is 1.52. The van der Waals surface area contributed by atoms with Crippen molar-refractivity contribution < 1.29 is 4.92 Å². The molecule has 3 aromatic rings. The molecule has 0 atom stereocenters. The highest BCUT2D eigenvalue weighted by Gasteiger charge is 2.31. The van der Waals surface area contributed by atoms with Crippen LogP contribution in [0.15, 0.2) is 46.4 Å². The number of nitro benzene ring substituents is 1. The third-order valence-electron chi connectivity index (χ3n) is 3.82. The van der Waals surface area contributed by atoms with Gasteiger partial charge < -0.3 is 5.73 Å². The molecule has 4 rings (SSSR count). The molecule has 3 N–H and O–H groups in total. The predicted molar refractivity (Wildman–Crippen MR) is 97.3 cm³/mol. The molecule has 0 spiro atoms. The Balaban J connectivity index is 2.08. The number of rotatable bonds is 2. The van der Waals surface area contributed by atoms with Crippen LogP contribution in [0.1, 0.15) is 11.4 Å². The number of pyridine rings is 1. The van der Waals surface area contributed by atoms with E-state index in [0.29, 0.717) is 16.6 Å². The standard InChI is InChI=1S/C15H9N7O3S/c16-15(26)20-19-11-9-6-7(22(24)25)3-4-10(9)21-13(11)18-12-8(14(21)23)2-1-5-17-12/h1-6H,(H3,16,20,26)/b19-11+. The summed E-state index contributed by atoms with van der Waals surface area (Å²) in [5, 5.41) is 15.4. The summed E-state index contributed by atoms with van der Waals surface area (Å²) in [7, 11) is 0. The van der Waals surface area contributed by atoms with Crippen LogP contribution in [-0.2, 0) is 0 Å². The molecule has 3 heterocycles. The summed E-state index contributed by atoms with van der Waals surface area (Å²) in [6.45, 7) is 0. The maximum absolute atomic E-state index is 12.9. The van der Waals surface area contributed by atoms with Crippen molar-refractivity contribution in [2.75, 3.05) is 0 Å². The Morgan fingerprint density at radius 2 is 2.19 bits per heavy atom. The number of fused-ring (bicyclic) bond motifs is 4. The van der Waals surface area contributed by atoms with Crippen molar-refractivity contribution in [1.82, 2.24) is 20.0 Å². The van der Waals surface area contributed by atoms with E-state index in [1.54, 1.807) is 12.1 Å². The van der Waals surface area contributed by atoms with Gasteiger partial charge in [-0.15, -0.1) is 0 Å². The average molecular weight is 367 g/mol. The number of thiocarbonyl (C=S) groups is 1. The first-order valence-electron chi connectivity index (χ1n) is 7.28. The fraction of sp³-hybridized carbons (Fsp3) is 0. The number of nitrogens with one attached hydrogen (secondary N) is 1. The van der Waals surface area contributed by atoms with E-state index in [9.17, 15) is 14.9 Å². The van der Waals surface area contributed by atoms with E-state index < -0.39 is 4.92 Å². The fourth-order valence-corrected chi connectivity index (χ4v) is 2.81. The zero-order chi connectivity index (χ0) is 18.4. The third-order valence-corrected chi connectivity index (χ3v) is 3.91. The van der Waals surface area contributed by atoms with Crippen molar-refractivity contribution in [2.24, 2.45) is 10.8 Å². The van der Waals surface area contributed by atoms with Crippen LogP contribution in [0.3, 0.4) is 0 Å². The lowest BCUT2D eigenvalue weighted by Crippen LogP contribution is -2.27. The molecule has 11 heteroatoms. The van der Waals surface area contributed by atoms with Crippen LogP contribution in [0, 0.1) is 10.1 Å². The molecule has 0 fully saturated rings. The normalized spacial score (nSPS) is 13.5. The molecule has 0 aliphatic carbocycles. The molecule has 128 valence electrons. The number of nitrogens with two attached hydrogens (primary N) is 1. The van der Waals surface area contributed by atoms with Crippen molar-refractivity contribution in [3.63, 3.8) is 0 Å². The van der Waals surface area contributed by atoms with Crippen molar-refractivity contribution in [2.45, 2.75) is 0 Å². The molecule has 0 saturated heterocycles. The highest BCUT2D eigenvalue weighted by atomic mass is 32.1. The molecule has 0 bridgehead atoms. The van der Waals surface area contributed by atoms with E-state index >= 15 is 0 Å². The summed E-state index contributed by atoms with van der Waals surface area (Å²) < 4.78 is 1.34. The summed E-state index contributed by atoms with van der Waals surface area (Å²) in [6, 6.07) is 7.35. The average Bonchev–Trinajstić information content (AvgIpc) is 2.93. The topological polar surface area (TPSA) is 141 Å². The second-order valence-corrected chi connectivity index (χ2v) is 5.79. The van der Waals surface area contributed by atoms with Gasteiger partial charge in [-0.3, -0.25) is 24.9 Å². The smallest absolute Gasteiger partial charge is 0.270 e. The maximum atomic E-state index is 12.9. The number of nitro groups is 1. The number of aromatic nitrogens is 3. The Labute approximate surface area is 150 Å². The Morgan fingerprint density at radius 3 is 2.92 bits per heavy atom. The summed E-state index contributed by atoms with van der Waals surface area (Å²) in [4.78, 5) is 32.0. The summed E-state index contributed by atoms with van der Waals surface area (Å²) in [5.41, 5.74) is 8.60. The van der Waals surface area contributed by atoms with E-state index in [1.807, 2.05) is 0 Å². The van der Waals surface area contributed by atoms with E-state index in [1.165, 1.54) is 29.0 Å². The number of nitrogens with zero attached hydrogens (tertiary/aromatic N) is 5. The molecule has 0 amide bonds. The SMILES string of the molecule is NC(=S)N/N=C1\c2cc([N+](=O)[O-])ccc2-n2c1nc1ncccc1c2=O. The largest absolute Gasteiger partial charge is 0.375 e. The van der Waals surface area contributed by atoms with Crippen LogP contribution < -0.4 is 16.7 Å². The Bertz CT molecular complexity index is 1200. The molecule has 0 saturated carbocycles. The first kappa shape index (κ1) is 15.8. The van der Waals surface area contributed by atoms with Gasteiger partial charge in [0.1, 0.15) is 5.71 Å². The van der Waals surface area contributed by atoms with Gasteiger partial charge in [0.05, 0.1) is 16.0 Å². The van der Waals surface area contributed by atoms with Gasteiger partial charge in [0.15, 0.2) is 16.6 Å². The highest BCUT2D eigenvalue weighted by molar-refractivity contribution is 7.80. The van der Waals surface area contributed by atoms with Crippen LogP contribution >= 0.6 is 12.2 Å². The number of non-ortho nitro benzene ring substituents is 1. The van der Waals surface area contributed by atoms with Crippen LogP contribution in [0.5, 0.6) is 0 Å². The molecule has 26 heavy (non-hydrogen) atoms. The zero-order valence-electron chi connectivity index (χ0n) is 12.9. The van der Waals surface area contributed by atoms with Gasteiger partial charge in [-0.05, 0) is 30.4 Å². The van der Waals surface area contributed by atoms with Gasteiger partial charge in [0.2, 0.25) is 0 Å². The summed E-state index contributed by atoms with van der Waals surface area (Å²) >= 11 is 4.75. The van der Waals surface area contributed by atoms with Crippen LogP contribution in [0.2, 0.25) is 0 Å². The first-order chi connectivity index (χ1) is 12.5. The lowest BCUT2D eigenvalue weighted by atomic mass is 10.1. The van der Waals surface area contributed by atoms with Gasteiger partial charge >= 0.3 is 0 Å². The highest BCUT2D eigenvalue weighted by Crippen LogP contribution is 2.29. The maximum Gasteiger partial charge on any atom is 0.270 e. The lowest BCUT2D eigenvalue weighted by molar-refractivity contribution is -0.384. The van der Waals surface area contributed by atoms with Crippen LogP contribution in [0.25, 0.3) is 16.7 Å². The minimum absolute atomic E-state index is 0.0933. The molecule has 1 aliphatic rings. The van der Waals surface area contributed by atoms with Crippen molar-refractivity contribution >= 4 is 39.8 Å². The predicted octanol–water partition coefficient (Wildman–Crippen LogP) is 0.588. The van der Waals surface area contributed by atoms with Crippen molar-refractivity contribution in [1.29, 1.82) is 0 Å². The Kier molecular flexibility index (Phi) is 3.44.